The SMILES string of the molecule is CC[N+]([O-])(CC)CCNc1ccc(/N=C2\C=CC(=O)C(C)=C2O)cc1. The van der Waals surface area contributed by atoms with Crippen LogP contribution in [0.2, 0.25) is 0 Å². The van der Waals surface area contributed by atoms with Gasteiger partial charge in [-0.25, -0.2) is 4.99 Å². The van der Waals surface area contributed by atoms with Gasteiger partial charge in [0.2, 0.25) is 0 Å². The predicted molar refractivity (Wildman–Crippen MR) is 101 cm³/mol. The second-order valence-corrected chi connectivity index (χ2v) is 6.06. The molecule has 0 unspecified atom stereocenters. The van der Waals surface area contributed by atoms with E-state index in [1.165, 1.54) is 12.2 Å². The summed E-state index contributed by atoms with van der Waals surface area (Å²) in [6.45, 7) is 7.65. The van der Waals surface area contributed by atoms with Crippen LogP contribution in [-0.2, 0) is 4.79 Å². The Morgan fingerprint density at radius 3 is 2.40 bits per heavy atom. The number of benzene rings is 1. The van der Waals surface area contributed by atoms with Crippen LogP contribution in [0, 0.1) is 5.21 Å². The van der Waals surface area contributed by atoms with Gasteiger partial charge in [-0.1, -0.05) is 0 Å². The quantitative estimate of drug-likeness (QED) is 0.451. The summed E-state index contributed by atoms with van der Waals surface area (Å²) in [5.41, 5.74) is 2.26. The number of rotatable bonds is 7. The molecule has 0 aromatic heterocycles. The maximum Gasteiger partial charge on any atom is 0.185 e. The molecule has 0 bridgehead atoms. The van der Waals surface area contributed by atoms with Crippen LogP contribution in [0.3, 0.4) is 0 Å². The van der Waals surface area contributed by atoms with Crippen molar-refractivity contribution in [1.29, 1.82) is 0 Å². The summed E-state index contributed by atoms with van der Waals surface area (Å²) < 4.78 is -0.200. The van der Waals surface area contributed by atoms with Crippen molar-refractivity contribution in [3.05, 3.63) is 53.0 Å². The number of ketones is 1. The third-order valence-corrected chi connectivity index (χ3v) is 4.48. The summed E-state index contributed by atoms with van der Waals surface area (Å²) in [5, 5.41) is 25.4. The molecule has 1 aromatic carbocycles. The number of quaternary nitrogens is 1. The topological polar surface area (TPSA) is 84.8 Å². The first-order valence-corrected chi connectivity index (χ1v) is 8.51. The molecular formula is C19H25N3O3. The molecule has 1 aliphatic rings. The van der Waals surface area contributed by atoms with Crippen LogP contribution in [0.1, 0.15) is 20.8 Å². The van der Waals surface area contributed by atoms with Crippen LogP contribution in [0.4, 0.5) is 11.4 Å². The standard InChI is InChI=1S/C19H25N3O3/c1-4-22(25,5-2)13-12-20-15-6-8-16(9-7-15)21-17-10-11-18(23)14(3)19(17)24/h6-11,20,24H,4-5,12-13H2,1-3H3/b21-17+. The molecule has 0 spiro atoms. The monoisotopic (exact) mass is 343 g/mol. The fourth-order valence-electron chi connectivity index (χ4n) is 2.49. The average Bonchev–Trinajstić information content (AvgIpc) is 2.63. The van der Waals surface area contributed by atoms with Gasteiger partial charge in [0.25, 0.3) is 0 Å². The van der Waals surface area contributed by atoms with Crippen molar-refractivity contribution in [2.24, 2.45) is 4.99 Å². The Morgan fingerprint density at radius 2 is 1.80 bits per heavy atom. The molecular weight excluding hydrogens is 318 g/mol. The van der Waals surface area contributed by atoms with Crippen LogP contribution in [-0.4, -0.2) is 47.4 Å². The largest absolute Gasteiger partial charge is 0.633 e. The van der Waals surface area contributed by atoms with E-state index in [1.807, 2.05) is 38.1 Å². The highest BCUT2D eigenvalue weighted by Gasteiger charge is 2.16. The van der Waals surface area contributed by atoms with Crippen molar-refractivity contribution >= 4 is 22.9 Å². The van der Waals surface area contributed by atoms with Crippen molar-refractivity contribution in [2.75, 3.05) is 31.5 Å². The number of hydroxylamine groups is 3. The highest BCUT2D eigenvalue weighted by atomic mass is 16.5. The highest BCUT2D eigenvalue weighted by Crippen LogP contribution is 2.20. The van der Waals surface area contributed by atoms with E-state index in [2.05, 4.69) is 10.3 Å². The fourth-order valence-corrected chi connectivity index (χ4v) is 2.49. The van der Waals surface area contributed by atoms with Gasteiger partial charge >= 0.3 is 0 Å². The molecule has 0 heterocycles. The zero-order chi connectivity index (χ0) is 18.4. The number of nitrogens with zero attached hydrogens (tertiary/aromatic N) is 2. The summed E-state index contributed by atoms with van der Waals surface area (Å²) in [6.07, 6.45) is 2.91. The van der Waals surface area contributed by atoms with Gasteiger partial charge in [-0.05, 0) is 57.2 Å². The van der Waals surface area contributed by atoms with Gasteiger partial charge in [-0.2, -0.15) is 0 Å². The number of aliphatic hydroxyl groups is 1. The average molecular weight is 343 g/mol. The first-order valence-electron chi connectivity index (χ1n) is 8.51. The van der Waals surface area contributed by atoms with E-state index < -0.39 is 0 Å². The van der Waals surface area contributed by atoms with Crippen molar-refractivity contribution in [1.82, 2.24) is 0 Å². The molecule has 0 fully saturated rings. The van der Waals surface area contributed by atoms with Gasteiger partial charge in [0.15, 0.2) is 5.78 Å². The van der Waals surface area contributed by atoms with Gasteiger partial charge < -0.3 is 20.3 Å². The number of carbonyl (C=O) groups is 1. The van der Waals surface area contributed by atoms with Crippen molar-refractivity contribution in [3.8, 4) is 0 Å². The lowest BCUT2D eigenvalue weighted by Gasteiger charge is -2.41. The van der Waals surface area contributed by atoms with E-state index in [-0.39, 0.29) is 16.2 Å². The van der Waals surface area contributed by atoms with E-state index in [0.717, 1.165) is 5.69 Å². The zero-order valence-electron chi connectivity index (χ0n) is 15.0. The smallest absolute Gasteiger partial charge is 0.185 e. The number of carbonyl (C=O) groups excluding carboxylic acids is 1. The lowest BCUT2D eigenvalue weighted by Crippen LogP contribution is -2.44. The molecule has 1 aromatic rings. The first kappa shape index (κ1) is 18.9. The van der Waals surface area contributed by atoms with Crippen molar-refractivity contribution < 1.29 is 14.5 Å². The molecule has 0 saturated heterocycles. The maximum atomic E-state index is 12.2. The van der Waals surface area contributed by atoms with E-state index in [9.17, 15) is 15.1 Å². The molecule has 0 aliphatic heterocycles. The van der Waals surface area contributed by atoms with Crippen LogP contribution in [0.25, 0.3) is 0 Å². The van der Waals surface area contributed by atoms with Gasteiger partial charge in [0.05, 0.1) is 31.9 Å². The molecule has 0 atom stereocenters. The van der Waals surface area contributed by atoms with Gasteiger partial charge in [-0.15, -0.1) is 0 Å². The summed E-state index contributed by atoms with van der Waals surface area (Å²) >= 11 is 0. The van der Waals surface area contributed by atoms with Crippen molar-refractivity contribution in [2.45, 2.75) is 20.8 Å². The van der Waals surface area contributed by atoms with Crippen LogP contribution < -0.4 is 5.32 Å². The van der Waals surface area contributed by atoms with E-state index in [0.29, 0.717) is 43.2 Å². The van der Waals surface area contributed by atoms with Crippen LogP contribution >= 0.6 is 0 Å². The number of allylic oxidation sites excluding steroid dienone is 3. The Labute approximate surface area is 148 Å². The molecule has 134 valence electrons. The van der Waals surface area contributed by atoms with Crippen LogP contribution in [0.15, 0.2) is 52.7 Å². The number of hydrogen-bond acceptors (Lipinski definition) is 5. The number of aliphatic hydroxyl groups excluding tert-OH is 1. The van der Waals surface area contributed by atoms with E-state index in [1.54, 1.807) is 6.92 Å². The highest BCUT2D eigenvalue weighted by molar-refractivity contribution is 6.21. The Balaban J connectivity index is 2.00. The second kappa shape index (κ2) is 8.09. The summed E-state index contributed by atoms with van der Waals surface area (Å²) in [6, 6.07) is 7.40. The normalized spacial score (nSPS) is 16.6. The van der Waals surface area contributed by atoms with Gasteiger partial charge in [0, 0.05) is 11.3 Å². The molecule has 0 radical (unpaired) electrons. The number of anilines is 1. The lowest BCUT2D eigenvalue weighted by molar-refractivity contribution is -0.875. The number of hydrogen-bond donors (Lipinski definition) is 2. The molecule has 1 aliphatic carbocycles. The Kier molecular flexibility index (Phi) is 6.12. The van der Waals surface area contributed by atoms with E-state index in [4.69, 9.17) is 0 Å². The number of aliphatic imine (C=N–C) groups is 1. The molecule has 2 N–H and O–H groups in total. The third kappa shape index (κ3) is 4.78. The Hall–Kier alpha value is -2.44. The molecule has 0 amide bonds. The maximum absolute atomic E-state index is 12.2. The number of nitrogens with one attached hydrogen (secondary N) is 1. The van der Waals surface area contributed by atoms with Crippen molar-refractivity contribution in [3.63, 3.8) is 0 Å². The van der Waals surface area contributed by atoms with Gasteiger partial charge in [0.1, 0.15) is 11.5 Å². The summed E-state index contributed by atoms with van der Waals surface area (Å²) in [5.74, 6) is -0.290. The fraction of sp³-hybridized carbons (Fsp3) is 0.368. The van der Waals surface area contributed by atoms with Gasteiger partial charge in [-0.3, -0.25) is 4.79 Å². The second-order valence-electron chi connectivity index (χ2n) is 6.06. The minimum atomic E-state index is -0.206. The minimum absolute atomic E-state index is 0.0848. The molecule has 6 heteroatoms. The number of likely N-dealkylation sites (N-methyl/N-ethyl adjacent to an activating group) is 1. The molecule has 2 rings (SSSR count). The molecule has 6 nitrogen and oxygen atoms in total. The first-order chi connectivity index (χ1) is 11.9. The zero-order valence-corrected chi connectivity index (χ0v) is 15.0. The summed E-state index contributed by atoms with van der Waals surface area (Å²) in [7, 11) is 0. The minimum Gasteiger partial charge on any atom is -0.633 e. The third-order valence-electron chi connectivity index (χ3n) is 4.48. The van der Waals surface area contributed by atoms with Crippen LogP contribution in [0.5, 0.6) is 0 Å². The summed E-state index contributed by atoms with van der Waals surface area (Å²) in [4.78, 5) is 15.8. The lowest BCUT2D eigenvalue weighted by atomic mass is 10.0. The Morgan fingerprint density at radius 1 is 1.16 bits per heavy atom. The van der Waals surface area contributed by atoms with E-state index >= 15 is 0 Å². The molecule has 0 saturated carbocycles. The predicted octanol–water partition coefficient (Wildman–Crippen LogP) is 3.50. The Bertz CT molecular complexity index is 714. The molecule has 25 heavy (non-hydrogen) atoms.